The zero-order chi connectivity index (χ0) is 13.5. The van der Waals surface area contributed by atoms with Crippen LogP contribution in [0.15, 0.2) is 0 Å². The Kier molecular flexibility index (Phi) is 21.4. The van der Waals surface area contributed by atoms with Gasteiger partial charge in [-0.25, -0.2) is 0 Å². The maximum absolute atomic E-state index is 8.74. The first kappa shape index (κ1) is 30.7. The van der Waals surface area contributed by atoms with Gasteiger partial charge in [0.15, 0.2) is 0 Å². The van der Waals surface area contributed by atoms with Crippen molar-refractivity contribution in [3.05, 3.63) is 0 Å². The molecule has 0 atom stereocenters. The zero-order valence-corrected chi connectivity index (χ0v) is 12.7. The molecule has 17 heavy (non-hydrogen) atoms. The second kappa shape index (κ2) is 11.9. The average molecular weight is 446 g/mol. The molecule has 0 unspecified atom stereocenters. The Balaban J connectivity index is -0.0000000400. The third kappa shape index (κ3) is 5520. The van der Waals surface area contributed by atoms with Crippen LogP contribution in [0.4, 0.5) is 0 Å². The van der Waals surface area contributed by atoms with Gasteiger partial charge in [0.25, 0.3) is 0 Å². The van der Waals surface area contributed by atoms with E-state index in [9.17, 15) is 0 Å². The molecule has 0 spiro atoms. The molecule has 0 saturated heterocycles. The van der Waals surface area contributed by atoms with Gasteiger partial charge in [-0.05, 0) is 0 Å². The van der Waals surface area contributed by atoms with E-state index < -0.39 is 31.2 Å². The molecule has 17 heteroatoms. The molecule has 0 radical (unpaired) electrons. The third-order valence-electron chi connectivity index (χ3n) is 0. The monoisotopic (exact) mass is 448 g/mol. The second-order valence-corrected chi connectivity index (χ2v) is 4.03. The molecule has 0 aromatic rings. The predicted molar refractivity (Wildman–Crippen MR) is 42.5 cm³/mol. The summed E-state index contributed by atoms with van der Waals surface area (Å²) in [6.07, 6.45) is 0. The summed E-state index contributed by atoms with van der Waals surface area (Å²) >= 11 is 0. The van der Waals surface area contributed by atoms with Gasteiger partial charge in [-0.15, -0.1) is 0 Å². The molecule has 0 heterocycles. The molecule has 0 saturated carbocycles. The van der Waals surface area contributed by atoms with Gasteiger partial charge < -0.3 is 0 Å². The van der Waals surface area contributed by atoms with Crippen LogP contribution in [-0.2, 0) is 69.3 Å². The van der Waals surface area contributed by atoms with Crippen molar-refractivity contribution in [2.45, 2.75) is 0 Å². The van der Waals surface area contributed by atoms with Gasteiger partial charge in [0.1, 0.15) is 0 Å². The maximum Gasteiger partial charge on any atom is 0.394 e. The molecular weight excluding hydrogens is 440 g/mol. The van der Waals surface area contributed by atoms with Crippen molar-refractivity contribution in [2.24, 2.45) is 0 Å². The van der Waals surface area contributed by atoms with E-state index in [-0.39, 0.29) is 38.1 Å². The average Bonchev–Trinajstić information content (AvgIpc) is 1.41. The zero-order valence-electron chi connectivity index (χ0n) is 7.12. The summed E-state index contributed by atoms with van der Waals surface area (Å²) in [5.74, 6) is 0. The smallest absolute Gasteiger partial charge is 0.264 e. The van der Waals surface area contributed by atoms with Gasteiger partial charge in [-0.3, -0.25) is 27.3 Å². The van der Waals surface area contributed by atoms with Crippen LogP contribution in [0, 0.1) is 0 Å². The van der Waals surface area contributed by atoms with Crippen molar-refractivity contribution in [2.75, 3.05) is 0 Å². The molecule has 6 N–H and O–H groups in total. The van der Waals surface area contributed by atoms with E-state index in [1.54, 1.807) is 0 Å². The van der Waals surface area contributed by atoms with Crippen molar-refractivity contribution in [3.8, 4) is 0 Å². The van der Waals surface area contributed by atoms with Crippen molar-refractivity contribution >= 4 is 31.2 Å². The van der Waals surface area contributed by atoms with Crippen molar-refractivity contribution in [1.82, 2.24) is 0 Å². The van der Waals surface area contributed by atoms with Gasteiger partial charge in [0.2, 0.25) is 0 Å². The maximum atomic E-state index is 8.74. The largest absolute Gasteiger partial charge is 0.394 e. The molecule has 0 amide bonds. The summed E-state index contributed by atoms with van der Waals surface area (Å²) < 4.78 is 94.8. The van der Waals surface area contributed by atoms with Crippen LogP contribution in [0.5, 0.6) is 0 Å². The van der Waals surface area contributed by atoms with Crippen LogP contribution >= 0.6 is 0 Å². The van der Waals surface area contributed by atoms with Crippen LogP contribution < -0.4 is 0 Å². The molecule has 0 bridgehead atoms. The number of hydrogen-bond donors (Lipinski definition) is 6. The minimum Gasteiger partial charge on any atom is -0.264 e. The predicted octanol–water partition coefficient (Wildman–Crippen LogP) is -1.96. The van der Waals surface area contributed by atoms with Gasteiger partial charge in [-0.2, -0.15) is 25.3 Å². The van der Waals surface area contributed by atoms with Crippen LogP contribution in [0.1, 0.15) is 0 Å². The fourth-order valence-electron chi connectivity index (χ4n) is 0. The summed E-state index contributed by atoms with van der Waals surface area (Å²) in [6.45, 7) is 0. The van der Waals surface area contributed by atoms with Gasteiger partial charge >= 0.3 is 31.2 Å². The first-order valence-electron chi connectivity index (χ1n) is 2.10. The number of hydrogen-bond acceptors (Lipinski definition) is 6. The minimum atomic E-state index is -4.67. The molecular formula is H6FeMoO12S3. The first-order valence-corrected chi connectivity index (χ1v) is 6.29. The topological polar surface area (TPSA) is 224 Å². The molecule has 12 nitrogen and oxygen atoms in total. The third-order valence-corrected chi connectivity index (χ3v) is 0. The van der Waals surface area contributed by atoms with Gasteiger partial charge in [0.05, 0.1) is 0 Å². The van der Waals surface area contributed by atoms with E-state index in [0.717, 1.165) is 0 Å². The SMILES string of the molecule is O=S(=O)(O)O.O=S(=O)(O)O.O=S(=O)(O)O.[Fe].[Mo]. The van der Waals surface area contributed by atoms with E-state index in [1.165, 1.54) is 0 Å². The standard InChI is InChI=1S/Fe.Mo.3H2O4S/c;;3*1-5(2,3)4/h;;3*(H2,1,2,3,4). The van der Waals surface area contributed by atoms with E-state index in [2.05, 4.69) is 0 Å². The van der Waals surface area contributed by atoms with Crippen LogP contribution in [0.3, 0.4) is 0 Å². The second-order valence-electron chi connectivity index (χ2n) is 1.34. The summed E-state index contributed by atoms with van der Waals surface area (Å²) in [5.41, 5.74) is 0. The first-order chi connectivity index (χ1) is 6.00. The van der Waals surface area contributed by atoms with Crippen molar-refractivity contribution in [1.29, 1.82) is 0 Å². The van der Waals surface area contributed by atoms with Gasteiger partial charge in [0, 0.05) is 38.1 Å². The summed E-state index contributed by atoms with van der Waals surface area (Å²) in [5, 5.41) is 0. The molecule has 0 rings (SSSR count). The quantitative estimate of drug-likeness (QED) is 0.176. The minimum absolute atomic E-state index is 0. The van der Waals surface area contributed by atoms with Crippen molar-refractivity contribution in [3.63, 3.8) is 0 Å². The summed E-state index contributed by atoms with van der Waals surface area (Å²) in [6, 6.07) is 0. The van der Waals surface area contributed by atoms with E-state index in [4.69, 9.17) is 52.6 Å². The summed E-state index contributed by atoms with van der Waals surface area (Å²) in [4.78, 5) is 0. The molecule has 0 aliphatic rings. The van der Waals surface area contributed by atoms with Crippen molar-refractivity contribution < 1.29 is 90.7 Å². The van der Waals surface area contributed by atoms with E-state index in [0.29, 0.717) is 0 Å². The normalized spacial score (nSPS) is 10.2. The Bertz CT molecular complexity index is 343. The molecule has 0 aliphatic heterocycles. The van der Waals surface area contributed by atoms with Gasteiger partial charge in [-0.1, -0.05) is 0 Å². The molecule has 0 aromatic carbocycles. The van der Waals surface area contributed by atoms with E-state index >= 15 is 0 Å². The summed E-state index contributed by atoms with van der Waals surface area (Å²) in [7, 11) is -14.0. The fourth-order valence-corrected chi connectivity index (χ4v) is 0. The number of rotatable bonds is 0. The molecule has 110 valence electrons. The Morgan fingerprint density at radius 1 is 0.471 bits per heavy atom. The fraction of sp³-hybridized carbons (Fsp3) is 0. The van der Waals surface area contributed by atoms with Crippen LogP contribution in [-0.4, -0.2) is 52.6 Å². The molecule has 0 aliphatic carbocycles. The molecule has 0 fully saturated rings. The Morgan fingerprint density at radius 2 is 0.471 bits per heavy atom. The van der Waals surface area contributed by atoms with Crippen LogP contribution in [0.25, 0.3) is 0 Å². The Morgan fingerprint density at radius 3 is 0.471 bits per heavy atom. The Hall–Kier alpha value is 0.818. The molecule has 0 aromatic heterocycles. The van der Waals surface area contributed by atoms with E-state index in [1.807, 2.05) is 0 Å². The Labute approximate surface area is 121 Å². The van der Waals surface area contributed by atoms with Crippen LogP contribution in [0.2, 0.25) is 0 Å².